The first-order valence-corrected chi connectivity index (χ1v) is 6.15. The molecule has 4 nitrogen and oxygen atoms in total. The number of aliphatic hydroxyl groups is 1. The molecule has 1 amide bonds. The molecule has 0 aliphatic rings. The van der Waals surface area contributed by atoms with Gasteiger partial charge >= 0.3 is 6.18 Å². The van der Waals surface area contributed by atoms with E-state index in [-0.39, 0.29) is 18.8 Å². The zero-order chi connectivity index (χ0) is 15.9. The molecule has 0 saturated heterocycles. The van der Waals surface area contributed by atoms with E-state index in [1.807, 2.05) is 0 Å². The highest BCUT2D eigenvalue weighted by molar-refractivity contribution is 5.76. The van der Waals surface area contributed by atoms with Gasteiger partial charge in [-0.1, -0.05) is 6.07 Å². The quantitative estimate of drug-likeness (QED) is 0.784. The van der Waals surface area contributed by atoms with Crippen LogP contribution in [0.15, 0.2) is 24.3 Å². The Balaban J connectivity index is 2.46. The highest BCUT2D eigenvalue weighted by Crippen LogP contribution is 2.17. The van der Waals surface area contributed by atoms with Crippen LogP contribution in [0.5, 0.6) is 5.75 Å². The summed E-state index contributed by atoms with van der Waals surface area (Å²) in [6, 6.07) is 5.19. The molecule has 1 N–H and O–H groups in total. The lowest BCUT2D eigenvalue weighted by Gasteiger charge is -2.23. The van der Waals surface area contributed by atoms with Gasteiger partial charge in [-0.15, -0.1) is 0 Å². The predicted molar refractivity (Wildman–Crippen MR) is 66.2 cm³/mol. The maximum atomic E-state index is 12.9. The monoisotopic (exact) mass is 309 g/mol. The maximum Gasteiger partial charge on any atom is 0.406 e. The highest BCUT2D eigenvalue weighted by Gasteiger charge is 2.32. The van der Waals surface area contributed by atoms with Gasteiger partial charge in [0.15, 0.2) is 0 Å². The third kappa shape index (κ3) is 6.94. The number of alkyl halides is 3. The molecule has 0 aliphatic carbocycles. The molecule has 0 fully saturated rings. The van der Waals surface area contributed by atoms with Crippen molar-refractivity contribution in [1.29, 1.82) is 0 Å². The standard InChI is InChI=1S/C13H15F4NO3/c14-10-2-1-3-11(8-10)21-7-4-12(20)18(5-6-19)9-13(15,16)17/h1-3,8,19H,4-7,9H2. The number of halogens is 4. The minimum absolute atomic E-state index is 0.178. The van der Waals surface area contributed by atoms with Crippen LogP contribution in [0, 0.1) is 5.82 Å². The fourth-order valence-electron chi connectivity index (χ4n) is 1.60. The van der Waals surface area contributed by atoms with Crippen molar-refractivity contribution in [3.8, 4) is 5.75 Å². The van der Waals surface area contributed by atoms with Gasteiger partial charge in [0.1, 0.15) is 18.1 Å². The normalized spacial score (nSPS) is 11.3. The van der Waals surface area contributed by atoms with E-state index in [1.54, 1.807) is 0 Å². The van der Waals surface area contributed by atoms with Crippen LogP contribution in [0.1, 0.15) is 6.42 Å². The van der Waals surface area contributed by atoms with Crippen molar-refractivity contribution in [1.82, 2.24) is 4.90 Å². The summed E-state index contributed by atoms with van der Waals surface area (Å²) in [4.78, 5) is 12.1. The van der Waals surface area contributed by atoms with E-state index in [2.05, 4.69) is 0 Å². The van der Waals surface area contributed by atoms with Gasteiger partial charge in [0.25, 0.3) is 0 Å². The van der Waals surface area contributed by atoms with Gasteiger partial charge in [-0.2, -0.15) is 13.2 Å². The molecular formula is C13H15F4NO3. The summed E-state index contributed by atoms with van der Waals surface area (Å²) >= 11 is 0. The van der Waals surface area contributed by atoms with E-state index in [0.29, 0.717) is 4.90 Å². The van der Waals surface area contributed by atoms with Gasteiger partial charge in [-0.05, 0) is 12.1 Å². The van der Waals surface area contributed by atoms with Gasteiger partial charge in [0.05, 0.1) is 19.6 Å². The maximum absolute atomic E-state index is 12.9. The molecule has 21 heavy (non-hydrogen) atoms. The van der Waals surface area contributed by atoms with Crippen LogP contribution < -0.4 is 4.74 Å². The molecule has 0 unspecified atom stereocenters. The zero-order valence-corrected chi connectivity index (χ0v) is 11.1. The van der Waals surface area contributed by atoms with Crippen LogP contribution in [0.2, 0.25) is 0 Å². The Morgan fingerprint density at radius 1 is 1.33 bits per heavy atom. The van der Waals surface area contributed by atoms with Crippen molar-refractivity contribution in [3.05, 3.63) is 30.1 Å². The Hall–Kier alpha value is -1.83. The number of hydrogen-bond donors (Lipinski definition) is 1. The number of ether oxygens (including phenoxy) is 1. The lowest BCUT2D eigenvalue weighted by Crippen LogP contribution is -2.41. The summed E-state index contributed by atoms with van der Waals surface area (Å²) in [6.45, 7) is -2.57. The van der Waals surface area contributed by atoms with Crippen LogP contribution in [0.25, 0.3) is 0 Å². The molecule has 0 saturated carbocycles. The lowest BCUT2D eigenvalue weighted by molar-refractivity contribution is -0.162. The molecule has 0 spiro atoms. The molecule has 0 aliphatic heterocycles. The van der Waals surface area contributed by atoms with Crippen molar-refractivity contribution in [2.45, 2.75) is 12.6 Å². The van der Waals surface area contributed by atoms with Gasteiger partial charge in [0, 0.05) is 12.6 Å². The molecule has 1 aromatic rings. The Bertz CT molecular complexity index is 465. The van der Waals surface area contributed by atoms with Crippen molar-refractivity contribution >= 4 is 5.91 Å². The number of benzene rings is 1. The molecule has 0 atom stereocenters. The summed E-state index contributed by atoms with van der Waals surface area (Å²) < 4.78 is 54.8. The van der Waals surface area contributed by atoms with Crippen LogP contribution in [-0.4, -0.2) is 48.4 Å². The molecule has 8 heteroatoms. The topological polar surface area (TPSA) is 49.8 Å². The van der Waals surface area contributed by atoms with Gasteiger partial charge in [0.2, 0.25) is 5.91 Å². The van der Waals surface area contributed by atoms with Crippen molar-refractivity contribution in [2.75, 3.05) is 26.3 Å². The minimum atomic E-state index is -4.53. The molecule has 118 valence electrons. The van der Waals surface area contributed by atoms with E-state index in [0.717, 1.165) is 6.07 Å². The first kappa shape index (κ1) is 17.2. The number of hydrogen-bond acceptors (Lipinski definition) is 3. The smallest absolute Gasteiger partial charge is 0.406 e. The predicted octanol–water partition coefficient (Wildman–Crippen LogP) is 1.98. The lowest BCUT2D eigenvalue weighted by atomic mass is 10.3. The number of rotatable bonds is 7. The van der Waals surface area contributed by atoms with Crippen LogP contribution >= 0.6 is 0 Å². The molecule has 0 aromatic heterocycles. The Morgan fingerprint density at radius 2 is 2.05 bits per heavy atom. The number of amides is 1. The summed E-state index contributed by atoms with van der Waals surface area (Å²) in [5, 5.41) is 8.68. The van der Waals surface area contributed by atoms with Crippen molar-refractivity contribution in [3.63, 3.8) is 0 Å². The van der Waals surface area contributed by atoms with Crippen LogP contribution in [-0.2, 0) is 4.79 Å². The van der Waals surface area contributed by atoms with E-state index in [1.165, 1.54) is 18.2 Å². The van der Waals surface area contributed by atoms with E-state index >= 15 is 0 Å². The second-order valence-corrected chi connectivity index (χ2v) is 4.21. The van der Waals surface area contributed by atoms with Crippen LogP contribution in [0.4, 0.5) is 17.6 Å². The molecule has 0 bridgehead atoms. The highest BCUT2D eigenvalue weighted by atomic mass is 19.4. The number of carbonyl (C=O) groups excluding carboxylic acids is 1. The summed E-state index contributed by atoms with van der Waals surface area (Å²) in [5.41, 5.74) is 0. The van der Waals surface area contributed by atoms with E-state index < -0.39 is 37.6 Å². The summed E-state index contributed by atoms with van der Waals surface area (Å²) in [5.74, 6) is -1.12. The average Bonchev–Trinajstić information content (AvgIpc) is 2.36. The van der Waals surface area contributed by atoms with Crippen LogP contribution in [0.3, 0.4) is 0 Å². The van der Waals surface area contributed by atoms with Gasteiger partial charge in [-0.3, -0.25) is 4.79 Å². The molecule has 1 aromatic carbocycles. The van der Waals surface area contributed by atoms with Crippen molar-refractivity contribution in [2.24, 2.45) is 0 Å². The zero-order valence-electron chi connectivity index (χ0n) is 11.1. The SMILES string of the molecule is O=C(CCOc1cccc(F)c1)N(CCO)CC(F)(F)F. The third-order valence-corrected chi connectivity index (χ3v) is 2.47. The molecular weight excluding hydrogens is 294 g/mol. The molecule has 1 rings (SSSR count). The summed E-state index contributed by atoms with van der Waals surface area (Å²) in [7, 11) is 0. The van der Waals surface area contributed by atoms with Gasteiger partial charge in [-0.25, -0.2) is 4.39 Å². The first-order valence-electron chi connectivity index (χ1n) is 6.15. The fourth-order valence-corrected chi connectivity index (χ4v) is 1.60. The van der Waals surface area contributed by atoms with E-state index in [9.17, 15) is 22.4 Å². The number of nitrogens with zero attached hydrogens (tertiary/aromatic N) is 1. The average molecular weight is 309 g/mol. The number of aliphatic hydroxyl groups excluding tert-OH is 1. The second kappa shape index (κ2) is 7.82. The third-order valence-electron chi connectivity index (χ3n) is 2.47. The molecule has 0 heterocycles. The first-order chi connectivity index (χ1) is 9.81. The summed E-state index contributed by atoms with van der Waals surface area (Å²) in [6.07, 6.45) is -4.83. The fraction of sp³-hybridized carbons (Fsp3) is 0.462. The van der Waals surface area contributed by atoms with Gasteiger partial charge < -0.3 is 14.7 Å². The van der Waals surface area contributed by atoms with E-state index in [4.69, 9.17) is 9.84 Å². The Morgan fingerprint density at radius 3 is 2.62 bits per heavy atom. The Labute approximate surface area is 118 Å². The Kier molecular flexibility index (Phi) is 6.41. The molecule has 0 radical (unpaired) electrons. The van der Waals surface area contributed by atoms with Crippen molar-refractivity contribution < 1.29 is 32.2 Å². The largest absolute Gasteiger partial charge is 0.493 e. The second-order valence-electron chi connectivity index (χ2n) is 4.21. The number of carbonyl (C=O) groups is 1. The minimum Gasteiger partial charge on any atom is -0.493 e.